The van der Waals surface area contributed by atoms with Gasteiger partial charge in [-0.25, -0.2) is 0 Å². The standard InChI is InChI=1S/C13H12N2O6/c16-6-9-2-1-8(21-9)5-14-10-3-12-13(20-7-19-12)4-11(10)15(17)18/h1-4,14,16H,5-7H2. The third-order valence-electron chi connectivity index (χ3n) is 3.01. The Morgan fingerprint density at radius 2 is 1.95 bits per heavy atom. The molecule has 0 aliphatic carbocycles. The summed E-state index contributed by atoms with van der Waals surface area (Å²) in [6, 6.07) is 6.19. The number of furan rings is 1. The van der Waals surface area contributed by atoms with Gasteiger partial charge in [0.1, 0.15) is 23.8 Å². The first-order valence-corrected chi connectivity index (χ1v) is 6.17. The third kappa shape index (κ3) is 2.61. The highest BCUT2D eigenvalue weighted by molar-refractivity contribution is 5.68. The molecule has 2 aromatic rings. The number of hydrogen-bond acceptors (Lipinski definition) is 7. The average Bonchev–Trinajstić information content (AvgIpc) is 3.12. The molecule has 0 saturated carbocycles. The Morgan fingerprint density at radius 3 is 2.62 bits per heavy atom. The molecular weight excluding hydrogens is 280 g/mol. The summed E-state index contributed by atoms with van der Waals surface area (Å²) in [6.45, 7) is 0.110. The molecule has 0 radical (unpaired) electrons. The van der Waals surface area contributed by atoms with E-state index in [4.69, 9.17) is 19.0 Å². The molecule has 0 atom stereocenters. The van der Waals surface area contributed by atoms with E-state index in [1.54, 1.807) is 12.1 Å². The monoisotopic (exact) mass is 292 g/mol. The van der Waals surface area contributed by atoms with Gasteiger partial charge in [0.15, 0.2) is 11.5 Å². The van der Waals surface area contributed by atoms with E-state index in [9.17, 15) is 10.1 Å². The molecule has 110 valence electrons. The van der Waals surface area contributed by atoms with Gasteiger partial charge in [0.2, 0.25) is 6.79 Å². The van der Waals surface area contributed by atoms with Crippen molar-refractivity contribution < 1.29 is 23.9 Å². The van der Waals surface area contributed by atoms with Gasteiger partial charge in [-0.15, -0.1) is 0 Å². The van der Waals surface area contributed by atoms with Crippen LogP contribution >= 0.6 is 0 Å². The summed E-state index contributed by atoms with van der Waals surface area (Å²) < 4.78 is 15.6. The normalized spacial score (nSPS) is 12.4. The molecule has 0 unspecified atom stereocenters. The van der Waals surface area contributed by atoms with E-state index in [0.717, 1.165) is 0 Å². The third-order valence-corrected chi connectivity index (χ3v) is 3.01. The van der Waals surface area contributed by atoms with Gasteiger partial charge < -0.3 is 24.3 Å². The SMILES string of the molecule is O=[N+]([O-])c1cc2c(cc1NCc1ccc(CO)o1)OCO2. The zero-order valence-corrected chi connectivity index (χ0v) is 10.9. The lowest BCUT2D eigenvalue weighted by Gasteiger charge is -2.07. The fourth-order valence-corrected chi connectivity index (χ4v) is 2.01. The first-order valence-electron chi connectivity index (χ1n) is 6.17. The number of fused-ring (bicyclic) bond motifs is 1. The number of nitro groups is 1. The zero-order valence-electron chi connectivity index (χ0n) is 10.9. The molecule has 3 rings (SSSR count). The molecule has 1 aliphatic heterocycles. The van der Waals surface area contributed by atoms with Gasteiger partial charge in [-0.2, -0.15) is 0 Å². The summed E-state index contributed by atoms with van der Waals surface area (Å²) in [5.74, 6) is 1.81. The highest BCUT2D eigenvalue weighted by Crippen LogP contribution is 2.40. The van der Waals surface area contributed by atoms with Gasteiger partial charge in [0, 0.05) is 6.07 Å². The average molecular weight is 292 g/mol. The maximum absolute atomic E-state index is 11.1. The van der Waals surface area contributed by atoms with Crippen molar-refractivity contribution in [1.82, 2.24) is 0 Å². The van der Waals surface area contributed by atoms with Crippen LogP contribution in [0.1, 0.15) is 11.5 Å². The van der Waals surface area contributed by atoms with Crippen LogP contribution in [0.3, 0.4) is 0 Å². The van der Waals surface area contributed by atoms with E-state index >= 15 is 0 Å². The first-order chi connectivity index (χ1) is 10.2. The minimum atomic E-state index is -0.494. The summed E-state index contributed by atoms with van der Waals surface area (Å²) >= 11 is 0. The molecule has 2 heterocycles. The van der Waals surface area contributed by atoms with Crippen LogP contribution in [0, 0.1) is 10.1 Å². The lowest BCUT2D eigenvalue weighted by Crippen LogP contribution is -2.02. The Hall–Kier alpha value is -2.74. The number of aliphatic hydroxyl groups excluding tert-OH is 1. The molecule has 0 spiro atoms. The topological polar surface area (TPSA) is 107 Å². The molecular formula is C13H12N2O6. The number of nitro benzene ring substituents is 1. The molecule has 0 fully saturated rings. The van der Waals surface area contributed by atoms with Crippen molar-refractivity contribution >= 4 is 11.4 Å². The van der Waals surface area contributed by atoms with Crippen LogP contribution in [0.2, 0.25) is 0 Å². The van der Waals surface area contributed by atoms with Gasteiger partial charge in [0.05, 0.1) is 17.5 Å². The van der Waals surface area contributed by atoms with Gasteiger partial charge in [0.25, 0.3) is 5.69 Å². The maximum atomic E-state index is 11.1. The molecule has 8 heteroatoms. The number of rotatable bonds is 5. The molecule has 8 nitrogen and oxygen atoms in total. The second kappa shape index (κ2) is 5.33. The number of nitrogens with zero attached hydrogens (tertiary/aromatic N) is 1. The number of anilines is 1. The summed E-state index contributed by atoms with van der Waals surface area (Å²) in [5.41, 5.74) is 0.208. The molecule has 1 aliphatic rings. The number of nitrogens with one attached hydrogen (secondary N) is 1. The Labute approximate surface area is 119 Å². The van der Waals surface area contributed by atoms with Crippen LogP contribution in [0.5, 0.6) is 11.5 Å². The van der Waals surface area contributed by atoms with Gasteiger partial charge in [-0.1, -0.05) is 0 Å². The smallest absolute Gasteiger partial charge is 0.296 e. The molecule has 21 heavy (non-hydrogen) atoms. The van der Waals surface area contributed by atoms with Crippen LogP contribution in [0.4, 0.5) is 11.4 Å². The van der Waals surface area contributed by atoms with E-state index in [1.165, 1.54) is 12.1 Å². The van der Waals surface area contributed by atoms with Crippen molar-refractivity contribution in [2.45, 2.75) is 13.2 Å². The second-order valence-corrected chi connectivity index (χ2v) is 4.36. The summed E-state index contributed by atoms with van der Waals surface area (Å²) in [6.07, 6.45) is 0. The van der Waals surface area contributed by atoms with Gasteiger partial charge in [-0.3, -0.25) is 10.1 Å². The number of ether oxygens (including phenoxy) is 2. The highest BCUT2D eigenvalue weighted by atomic mass is 16.7. The first kappa shape index (κ1) is 13.3. The number of aliphatic hydroxyl groups is 1. The largest absolute Gasteiger partial charge is 0.462 e. The van der Waals surface area contributed by atoms with E-state index in [1.807, 2.05) is 0 Å². The molecule has 2 N–H and O–H groups in total. The lowest BCUT2D eigenvalue weighted by molar-refractivity contribution is -0.384. The van der Waals surface area contributed by atoms with Crippen molar-refractivity contribution in [1.29, 1.82) is 0 Å². The van der Waals surface area contributed by atoms with E-state index in [-0.39, 0.29) is 25.6 Å². The van der Waals surface area contributed by atoms with Crippen molar-refractivity contribution in [3.63, 3.8) is 0 Å². The molecule has 0 saturated heterocycles. The van der Waals surface area contributed by atoms with Crippen LogP contribution in [0.25, 0.3) is 0 Å². The van der Waals surface area contributed by atoms with Crippen LogP contribution in [-0.4, -0.2) is 16.8 Å². The minimum absolute atomic E-state index is 0.0496. The summed E-state index contributed by atoms with van der Waals surface area (Å²) in [4.78, 5) is 10.6. The van der Waals surface area contributed by atoms with Crippen LogP contribution < -0.4 is 14.8 Å². The molecule has 0 bridgehead atoms. The Kier molecular flexibility index (Phi) is 3.36. The van der Waals surface area contributed by atoms with Gasteiger partial charge >= 0.3 is 0 Å². The Bertz CT molecular complexity index is 681. The summed E-state index contributed by atoms with van der Waals surface area (Å²) in [5, 5.41) is 22.9. The number of hydrogen-bond donors (Lipinski definition) is 2. The predicted octanol–water partition coefficient (Wildman–Crippen LogP) is 2.02. The zero-order chi connectivity index (χ0) is 14.8. The maximum Gasteiger partial charge on any atom is 0.296 e. The van der Waals surface area contributed by atoms with E-state index in [2.05, 4.69) is 5.32 Å². The van der Waals surface area contributed by atoms with E-state index < -0.39 is 4.92 Å². The highest BCUT2D eigenvalue weighted by Gasteiger charge is 2.23. The van der Waals surface area contributed by atoms with E-state index in [0.29, 0.717) is 28.7 Å². The molecule has 1 aromatic carbocycles. The van der Waals surface area contributed by atoms with Crippen LogP contribution in [-0.2, 0) is 13.2 Å². The molecule has 1 aromatic heterocycles. The van der Waals surface area contributed by atoms with Crippen molar-refractivity contribution in [3.8, 4) is 11.5 Å². The van der Waals surface area contributed by atoms with Crippen molar-refractivity contribution in [2.75, 3.05) is 12.1 Å². The number of benzene rings is 1. The predicted molar refractivity (Wildman–Crippen MR) is 71.2 cm³/mol. The summed E-state index contributed by atoms with van der Waals surface area (Å²) in [7, 11) is 0. The quantitative estimate of drug-likeness (QED) is 0.641. The fourth-order valence-electron chi connectivity index (χ4n) is 2.01. The Morgan fingerprint density at radius 1 is 1.24 bits per heavy atom. The van der Waals surface area contributed by atoms with Gasteiger partial charge in [-0.05, 0) is 12.1 Å². The van der Waals surface area contributed by atoms with Crippen LogP contribution in [0.15, 0.2) is 28.7 Å². The van der Waals surface area contributed by atoms with Crippen molar-refractivity contribution in [3.05, 3.63) is 45.9 Å². The van der Waals surface area contributed by atoms with Crippen molar-refractivity contribution in [2.24, 2.45) is 0 Å². The minimum Gasteiger partial charge on any atom is -0.462 e. The Balaban J connectivity index is 1.82. The lowest BCUT2D eigenvalue weighted by atomic mass is 10.2. The second-order valence-electron chi connectivity index (χ2n) is 4.36. The fraction of sp³-hybridized carbons (Fsp3) is 0.231. The molecule has 0 amide bonds.